The van der Waals surface area contributed by atoms with E-state index in [1.807, 2.05) is 0 Å². The summed E-state index contributed by atoms with van der Waals surface area (Å²) in [5.41, 5.74) is 5.70. The molecule has 2 rings (SSSR count). The molecule has 0 radical (unpaired) electrons. The van der Waals surface area contributed by atoms with E-state index in [2.05, 4.69) is 0 Å². The molecule has 2 amide bonds. The van der Waals surface area contributed by atoms with Crippen LogP contribution in [0, 0.1) is 17.6 Å². The Morgan fingerprint density at radius 2 is 2.09 bits per heavy atom. The fourth-order valence-electron chi connectivity index (χ4n) is 2.55. The number of halogens is 2. The molecule has 2 N–H and O–H groups in total. The Balaban J connectivity index is 1.98. The second kappa shape index (κ2) is 6.72. The molecule has 1 aromatic carbocycles. The highest BCUT2D eigenvalue weighted by atomic mass is 19.2. The van der Waals surface area contributed by atoms with Crippen LogP contribution in [0.5, 0.6) is 0 Å². The first-order chi connectivity index (χ1) is 10.4. The van der Waals surface area contributed by atoms with Crippen LogP contribution in [-0.2, 0) is 9.59 Å². The minimum absolute atomic E-state index is 0.0244. The molecule has 22 heavy (non-hydrogen) atoms. The number of carbonyl (C=O) groups is 2. The van der Waals surface area contributed by atoms with Gasteiger partial charge in [-0.3, -0.25) is 9.59 Å². The summed E-state index contributed by atoms with van der Waals surface area (Å²) >= 11 is 0. The predicted molar refractivity (Wildman–Crippen MR) is 78.1 cm³/mol. The Morgan fingerprint density at radius 3 is 2.73 bits per heavy atom. The molecule has 0 aliphatic carbocycles. The van der Waals surface area contributed by atoms with Crippen LogP contribution in [0.15, 0.2) is 18.2 Å². The number of anilines is 1. The number of rotatable bonds is 4. The molecule has 1 aromatic rings. The van der Waals surface area contributed by atoms with Crippen molar-refractivity contribution in [1.29, 1.82) is 0 Å². The molecule has 1 fully saturated rings. The molecule has 5 nitrogen and oxygen atoms in total. The van der Waals surface area contributed by atoms with E-state index in [0.29, 0.717) is 25.2 Å². The SMILES string of the molecule is CN(CC(=O)N1CCCC(C(N)=O)C1)c1ccc(F)c(F)c1. The minimum Gasteiger partial charge on any atom is -0.369 e. The highest BCUT2D eigenvalue weighted by Crippen LogP contribution is 2.19. The maximum absolute atomic E-state index is 13.2. The van der Waals surface area contributed by atoms with Gasteiger partial charge in [0.05, 0.1) is 12.5 Å². The zero-order valence-corrected chi connectivity index (χ0v) is 12.4. The van der Waals surface area contributed by atoms with Gasteiger partial charge in [-0.25, -0.2) is 8.78 Å². The number of likely N-dealkylation sites (N-methyl/N-ethyl adjacent to an activating group) is 1. The van der Waals surface area contributed by atoms with Crippen molar-refractivity contribution in [3.05, 3.63) is 29.8 Å². The molecule has 7 heteroatoms. The fourth-order valence-corrected chi connectivity index (χ4v) is 2.55. The lowest BCUT2D eigenvalue weighted by atomic mass is 9.97. The zero-order valence-electron chi connectivity index (χ0n) is 12.4. The van der Waals surface area contributed by atoms with Gasteiger partial charge in [0.15, 0.2) is 11.6 Å². The number of benzene rings is 1. The third kappa shape index (κ3) is 3.72. The second-order valence-electron chi connectivity index (χ2n) is 5.54. The van der Waals surface area contributed by atoms with E-state index in [-0.39, 0.29) is 18.4 Å². The molecule has 1 heterocycles. The largest absolute Gasteiger partial charge is 0.369 e. The molecule has 1 unspecified atom stereocenters. The van der Waals surface area contributed by atoms with Gasteiger partial charge in [-0.1, -0.05) is 0 Å². The summed E-state index contributed by atoms with van der Waals surface area (Å²) in [4.78, 5) is 26.6. The average Bonchev–Trinajstić information content (AvgIpc) is 2.50. The molecular weight excluding hydrogens is 292 g/mol. The van der Waals surface area contributed by atoms with Gasteiger partial charge in [-0.2, -0.15) is 0 Å². The first-order valence-corrected chi connectivity index (χ1v) is 7.11. The van der Waals surface area contributed by atoms with Crippen molar-refractivity contribution >= 4 is 17.5 Å². The van der Waals surface area contributed by atoms with Crippen molar-refractivity contribution in [2.24, 2.45) is 11.7 Å². The molecule has 1 aliphatic rings. The van der Waals surface area contributed by atoms with Gasteiger partial charge >= 0.3 is 0 Å². The van der Waals surface area contributed by atoms with Crippen LogP contribution in [-0.4, -0.2) is 43.4 Å². The normalized spacial score (nSPS) is 18.1. The first-order valence-electron chi connectivity index (χ1n) is 7.11. The number of nitrogens with zero attached hydrogens (tertiary/aromatic N) is 2. The summed E-state index contributed by atoms with van der Waals surface area (Å²) in [6.07, 6.45) is 1.42. The molecule has 0 bridgehead atoms. The van der Waals surface area contributed by atoms with Crippen LogP contribution in [0.4, 0.5) is 14.5 Å². The zero-order chi connectivity index (χ0) is 16.3. The van der Waals surface area contributed by atoms with Crippen LogP contribution in [0.1, 0.15) is 12.8 Å². The Morgan fingerprint density at radius 1 is 1.36 bits per heavy atom. The van der Waals surface area contributed by atoms with Crippen LogP contribution in [0.2, 0.25) is 0 Å². The lowest BCUT2D eigenvalue weighted by Gasteiger charge is -2.32. The van der Waals surface area contributed by atoms with Crippen molar-refractivity contribution in [3.8, 4) is 0 Å². The maximum atomic E-state index is 13.2. The number of amides is 2. The molecule has 1 aliphatic heterocycles. The Bertz CT molecular complexity index is 580. The van der Waals surface area contributed by atoms with E-state index in [9.17, 15) is 18.4 Å². The van der Waals surface area contributed by atoms with E-state index in [4.69, 9.17) is 5.73 Å². The predicted octanol–water partition coefficient (Wildman–Crippen LogP) is 1.12. The van der Waals surface area contributed by atoms with Gasteiger partial charge in [0.25, 0.3) is 0 Å². The van der Waals surface area contributed by atoms with E-state index in [1.165, 1.54) is 6.07 Å². The van der Waals surface area contributed by atoms with Crippen molar-refractivity contribution < 1.29 is 18.4 Å². The van der Waals surface area contributed by atoms with Crippen molar-refractivity contribution in [1.82, 2.24) is 4.90 Å². The number of likely N-dealkylation sites (tertiary alicyclic amines) is 1. The number of nitrogens with two attached hydrogens (primary N) is 1. The smallest absolute Gasteiger partial charge is 0.242 e. The number of hydrogen-bond donors (Lipinski definition) is 1. The van der Waals surface area contributed by atoms with Crippen LogP contribution >= 0.6 is 0 Å². The standard InChI is InChI=1S/C15H19F2N3O2/c1-19(11-4-5-12(16)13(17)7-11)9-14(21)20-6-2-3-10(8-20)15(18)22/h4-5,7,10H,2-3,6,8-9H2,1H3,(H2,18,22). The monoisotopic (exact) mass is 311 g/mol. The quantitative estimate of drug-likeness (QED) is 0.906. The lowest BCUT2D eigenvalue weighted by molar-refractivity contribution is -0.133. The van der Waals surface area contributed by atoms with Gasteiger partial charge in [0, 0.05) is 31.9 Å². The summed E-state index contributed by atoms with van der Waals surface area (Å²) in [6, 6.07) is 3.48. The van der Waals surface area contributed by atoms with Gasteiger partial charge in [-0.15, -0.1) is 0 Å². The summed E-state index contributed by atoms with van der Waals surface area (Å²) in [5, 5.41) is 0. The van der Waals surface area contributed by atoms with Crippen LogP contribution in [0.3, 0.4) is 0 Å². The number of piperidine rings is 1. The number of carbonyl (C=O) groups excluding carboxylic acids is 2. The summed E-state index contributed by atoms with van der Waals surface area (Å²) in [6.45, 7) is 0.921. The van der Waals surface area contributed by atoms with Gasteiger partial charge in [-0.05, 0) is 25.0 Å². The molecule has 0 spiro atoms. The molecule has 1 saturated heterocycles. The first kappa shape index (κ1) is 16.2. The second-order valence-corrected chi connectivity index (χ2v) is 5.54. The third-order valence-electron chi connectivity index (χ3n) is 3.89. The average molecular weight is 311 g/mol. The van der Waals surface area contributed by atoms with Gasteiger partial charge in [0.2, 0.25) is 11.8 Å². The van der Waals surface area contributed by atoms with Crippen molar-refractivity contribution in [2.75, 3.05) is 31.6 Å². The minimum atomic E-state index is -0.955. The molecule has 0 aromatic heterocycles. The van der Waals surface area contributed by atoms with E-state index in [0.717, 1.165) is 18.6 Å². The van der Waals surface area contributed by atoms with E-state index in [1.54, 1.807) is 16.8 Å². The van der Waals surface area contributed by atoms with Crippen molar-refractivity contribution in [2.45, 2.75) is 12.8 Å². The molecule has 120 valence electrons. The fraction of sp³-hybridized carbons (Fsp3) is 0.467. The van der Waals surface area contributed by atoms with Gasteiger partial charge in [0.1, 0.15) is 0 Å². The van der Waals surface area contributed by atoms with Crippen LogP contribution in [0.25, 0.3) is 0 Å². The highest BCUT2D eigenvalue weighted by Gasteiger charge is 2.27. The third-order valence-corrected chi connectivity index (χ3v) is 3.89. The number of hydrogen-bond acceptors (Lipinski definition) is 3. The topological polar surface area (TPSA) is 66.6 Å². The summed E-state index contributed by atoms with van der Waals surface area (Å²) in [5.74, 6) is -2.76. The number of primary amides is 1. The lowest BCUT2D eigenvalue weighted by Crippen LogP contribution is -2.47. The molecule has 1 atom stereocenters. The van der Waals surface area contributed by atoms with E-state index >= 15 is 0 Å². The Hall–Kier alpha value is -2.18. The molecule has 0 saturated carbocycles. The Kier molecular flexibility index (Phi) is 4.95. The summed E-state index contributed by atoms with van der Waals surface area (Å²) < 4.78 is 26.1. The maximum Gasteiger partial charge on any atom is 0.242 e. The van der Waals surface area contributed by atoms with Gasteiger partial charge < -0.3 is 15.5 Å². The highest BCUT2D eigenvalue weighted by molar-refractivity contribution is 5.83. The van der Waals surface area contributed by atoms with Crippen LogP contribution < -0.4 is 10.6 Å². The summed E-state index contributed by atoms with van der Waals surface area (Å²) in [7, 11) is 1.63. The molecular formula is C15H19F2N3O2. The van der Waals surface area contributed by atoms with Crippen molar-refractivity contribution in [3.63, 3.8) is 0 Å². The van der Waals surface area contributed by atoms with E-state index < -0.39 is 17.5 Å². The Labute approximate surface area is 127 Å².